The first-order valence-electron chi connectivity index (χ1n) is 5.38. The summed E-state index contributed by atoms with van der Waals surface area (Å²) in [5, 5.41) is 0. The molecule has 1 aromatic rings. The molecule has 0 aliphatic rings. The zero-order chi connectivity index (χ0) is 11.0. The summed E-state index contributed by atoms with van der Waals surface area (Å²) in [6.07, 6.45) is 0. The molecule has 0 fully saturated rings. The maximum Gasteiger partial charge on any atom is 0.0719 e. The Morgan fingerprint density at radius 3 is 2.29 bits per heavy atom. The number of rotatable bonds is 3. The zero-order valence-corrected chi connectivity index (χ0v) is 10.1. The number of ether oxygens (including phenoxy) is 1. The first-order valence-corrected chi connectivity index (χ1v) is 5.38. The van der Waals surface area contributed by atoms with Gasteiger partial charge in [0.1, 0.15) is 0 Å². The average Bonchev–Trinajstić information content (AvgIpc) is 2.20. The molecular weight excluding hydrogens is 172 g/mol. The van der Waals surface area contributed by atoms with Crippen LogP contribution in [0.2, 0.25) is 0 Å². The average molecular weight is 194 g/mol. The van der Waals surface area contributed by atoms with Crippen LogP contribution in [0, 0.1) is 13.8 Å². The fourth-order valence-electron chi connectivity index (χ4n) is 1.22. The van der Waals surface area contributed by atoms with Crippen molar-refractivity contribution in [1.82, 2.24) is 0 Å². The summed E-state index contributed by atoms with van der Waals surface area (Å²) in [6.45, 7) is 11.8. The van der Waals surface area contributed by atoms with E-state index >= 15 is 0 Å². The summed E-state index contributed by atoms with van der Waals surface area (Å²) >= 11 is 0. The Bertz CT molecular complexity index is 253. The summed E-state index contributed by atoms with van der Waals surface area (Å²) in [7, 11) is 0. The lowest BCUT2D eigenvalue weighted by atomic mass is 10.1. The predicted octanol–water partition coefficient (Wildman–Crippen LogP) is 3.87. The van der Waals surface area contributed by atoms with Gasteiger partial charge in [-0.25, -0.2) is 0 Å². The Morgan fingerprint density at radius 2 is 1.79 bits per heavy atom. The molecule has 0 aliphatic carbocycles. The van der Waals surface area contributed by atoms with Crippen LogP contribution >= 0.6 is 0 Å². The minimum Gasteiger partial charge on any atom is -0.377 e. The third-order valence-corrected chi connectivity index (χ3v) is 1.96. The molecule has 0 aromatic heterocycles. The van der Waals surface area contributed by atoms with Gasteiger partial charge >= 0.3 is 0 Å². The molecule has 0 radical (unpaired) electrons. The lowest BCUT2D eigenvalue weighted by Gasteiger charge is -2.06. The smallest absolute Gasteiger partial charge is 0.0719 e. The molecule has 0 atom stereocenters. The highest BCUT2D eigenvalue weighted by Gasteiger charge is 1.96. The van der Waals surface area contributed by atoms with Crippen LogP contribution in [0.4, 0.5) is 0 Å². The second-order valence-corrected chi connectivity index (χ2v) is 3.07. The summed E-state index contributed by atoms with van der Waals surface area (Å²) in [4.78, 5) is 0. The minimum absolute atomic E-state index is 0.739. The Labute approximate surface area is 88.1 Å². The highest BCUT2D eigenvalue weighted by atomic mass is 16.5. The van der Waals surface area contributed by atoms with Crippen molar-refractivity contribution in [1.29, 1.82) is 0 Å². The molecule has 0 N–H and O–H groups in total. The lowest BCUT2D eigenvalue weighted by Crippen LogP contribution is -1.94. The summed E-state index contributed by atoms with van der Waals surface area (Å²) in [5.41, 5.74) is 3.93. The Balaban J connectivity index is 0.000000791. The van der Waals surface area contributed by atoms with Gasteiger partial charge in [-0.15, -0.1) is 0 Å². The van der Waals surface area contributed by atoms with E-state index in [2.05, 4.69) is 32.0 Å². The fraction of sp³-hybridized carbons (Fsp3) is 0.538. The number of benzene rings is 1. The van der Waals surface area contributed by atoms with E-state index in [0.717, 1.165) is 13.2 Å². The fourth-order valence-corrected chi connectivity index (χ4v) is 1.22. The standard InChI is InChI=1S/C11H16O.C2H6/c1-4-12-8-11-6-5-9(2)7-10(11)3;1-2/h5-7H,4,8H2,1-3H3;1-2H3. The van der Waals surface area contributed by atoms with E-state index in [1.54, 1.807) is 0 Å². The van der Waals surface area contributed by atoms with Crippen molar-refractivity contribution in [3.63, 3.8) is 0 Å². The molecule has 0 saturated carbocycles. The zero-order valence-electron chi connectivity index (χ0n) is 10.1. The van der Waals surface area contributed by atoms with Crippen LogP contribution in [-0.4, -0.2) is 6.61 Å². The van der Waals surface area contributed by atoms with Crippen molar-refractivity contribution in [2.24, 2.45) is 0 Å². The molecule has 14 heavy (non-hydrogen) atoms. The number of hydrogen-bond donors (Lipinski definition) is 0. The summed E-state index contributed by atoms with van der Waals surface area (Å²) in [5.74, 6) is 0. The van der Waals surface area contributed by atoms with Crippen molar-refractivity contribution < 1.29 is 4.74 Å². The van der Waals surface area contributed by atoms with Crippen molar-refractivity contribution in [3.05, 3.63) is 34.9 Å². The van der Waals surface area contributed by atoms with Crippen LogP contribution in [0.15, 0.2) is 18.2 Å². The van der Waals surface area contributed by atoms with Gasteiger partial charge in [0.25, 0.3) is 0 Å². The van der Waals surface area contributed by atoms with Crippen LogP contribution in [0.3, 0.4) is 0 Å². The minimum atomic E-state index is 0.739. The topological polar surface area (TPSA) is 9.23 Å². The van der Waals surface area contributed by atoms with Crippen molar-refractivity contribution >= 4 is 0 Å². The van der Waals surface area contributed by atoms with Gasteiger partial charge in [0.05, 0.1) is 6.61 Å². The van der Waals surface area contributed by atoms with Crippen LogP contribution in [0.25, 0.3) is 0 Å². The van der Waals surface area contributed by atoms with Crippen LogP contribution in [0.1, 0.15) is 37.5 Å². The number of aryl methyl sites for hydroxylation is 2. The molecule has 1 aromatic carbocycles. The first kappa shape index (κ1) is 13.2. The Kier molecular flexibility index (Phi) is 7.13. The molecule has 0 aliphatic heterocycles. The molecular formula is C13H22O. The SMILES string of the molecule is CC.CCOCc1ccc(C)cc1C. The largest absolute Gasteiger partial charge is 0.377 e. The van der Waals surface area contributed by atoms with Crippen molar-refractivity contribution in [2.75, 3.05) is 6.61 Å². The van der Waals surface area contributed by atoms with Gasteiger partial charge < -0.3 is 4.74 Å². The van der Waals surface area contributed by atoms with Crippen LogP contribution in [0.5, 0.6) is 0 Å². The van der Waals surface area contributed by atoms with E-state index in [1.807, 2.05) is 20.8 Å². The van der Waals surface area contributed by atoms with Gasteiger partial charge in [-0.1, -0.05) is 37.6 Å². The van der Waals surface area contributed by atoms with E-state index in [9.17, 15) is 0 Å². The van der Waals surface area contributed by atoms with E-state index in [0.29, 0.717) is 0 Å². The van der Waals surface area contributed by atoms with Crippen molar-refractivity contribution in [3.8, 4) is 0 Å². The lowest BCUT2D eigenvalue weighted by molar-refractivity contribution is 0.133. The summed E-state index contributed by atoms with van der Waals surface area (Å²) < 4.78 is 5.34. The molecule has 0 amide bonds. The van der Waals surface area contributed by atoms with Gasteiger partial charge in [0.15, 0.2) is 0 Å². The molecule has 0 bridgehead atoms. The predicted molar refractivity (Wildman–Crippen MR) is 62.6 cm³/mol. The van der Waals surface area contributed by atoms with Gasteiger partial charge in [-0.3, -0.25) is 0 Å². The quantitative estimate of drug-likeness (QED) is 0.710. The third-order valence-electron chi connectivity index (χ3n) is 1.96. The maximum atomic E-state index is 5.34. The van der Waals surface area contributed by atoms with Gasteiger partial charge in [-0.2, -0.15) is 0 Å². The molecule has 1 heteroatoms. The molecule has 1 nitrogen and oxygen atoms in total. The van der Waals surface area contributed by atoms with Gasteiger partial charge in [0, 0.05) is 6.61 Å². The second kappa shape index (κ2) is 7.57. The molecule has 0 spiro atoms. The highest BCUT2D eigenvalue weighted by Crippen LogP contribution is 2.11. The molecule has 0 unspecified atom stereocenters. The third kappa shape index (κ3) is 4.43. The van der Waals surface area contributed by atoms with Gasteiger partial charge in [0.2, 0.25) is 0 Å². The maximum absolute atomic E-state index is 5.34. The highest BCUT2D eigenvalue weighted by molar-refractivity contribution is 5.29. The Hall–Kier alpha value is -0.820. The van der Waals surface area contributed by atoms with Crippen LogP contribution in [-0.2, 0) is 11.3 Å². The summed E-state index contributed by atoms with van der Waals surface area (Å²) in [6, 6.07) is 6.45. The molecule has 0 heterocycles. The Morgan fingerprint density at radius 1 is 1.14 bits per heavy atom. The van der Waals surface area contributed by atoms with Crippen molar-refractivity contribution in [2.45, 2.75) is 41.2 Å². The second-order valence-electron chi connectivity index (χ2n) is 3.07. The van der Waals surface area contributed by atoms with E-state index in [1.165, 1.54) is 16.7 Å². The van der Waals surface area contributed by atoms with E-state index in [4.69, 9.17) is 4.74 Å². The van der Waals surface area contributed by atoms with Crippen LogP contribution < -0.4 is 0 Å². The monoisotopic (exact) mass is 194 g/mol. The molecule has 80 valence electrons. The van der Waals surface area contributed by atoms with E-state index in [-0.39, 0.29) is 0 Å². The molecule has 1 rings (SSSR count). The number of hydrogen-bond acceptors (Lipinski definition) is 1. The van der Waals surface area contributed by atoms with E-state index < -0.39 is 0 Å². The van der Waals surface area contributed by atoms with Gasteiger partial charge in [-0.05, 0) is 31.9 Å². The first-order chi connectivity index (χ1) is 6.74. The molecule has 0 saturated heterocycles. The normalized spacial score (nSPS) is 9.21.